The van der Waals surface area contributed by atoms with Crippen molar-refractivity contribution in [2.45, 2.75) is 0 Å². The number of nitrogens with two attached hydrogens (primary N) is 1. The topological polar surface area (TPSA) is 76.2 Å². The molecule has 4 aromatic rings. The van der Waals surface area contributed by atoms with E-state index in [1.807, 2.05) is 42.7 Å². The smallest absolute Gasteiger partial charge is 0.170 e. The Balaban J connectivity index is 2.02. The summed E-state index contributed by atoms with van der Waals surface area (Å²) in [6.07, 6.45) is 4.54. The van der Waals surface area contributed by atoms with E-state index in [2.05, 4.69) is 16.0 Å². The summed E-state index contributed by atoms with van der Waals surface area (Å²) in [6.45, 7) is 0. The summed E-state index contributed by atoms with van der Waals surface area (Å²) in [5, 5.41) is 1.14. The first-order chi connectivity index (χ1) is 10.3. The summed E-state index contributed by atoms with van der Waals surface area (Å²) in [4.78, 5) is 18.5. The zero-order chi connectivity index (χ0) is 14.4. The van der Waals surface area contributed by atoms with E-state index >= 15 is 0 Å². The van der Waals surface area contributed by atoms with Gasteiger partial charge in [-0.15, -0.1) is 0 Å². The molecule has 21 heavy (non-hydrogen) atoms. The lowest BCUT2D eigenvalue weighted by molar-refractivity contribution is 0.111. The van der Waals surface area contributed by atoms with Crippen molar-refractivity contribution in [3.63, 3.8) is 0 Å². The molecule has 0 atom stereocenters. The van der Waals surface area contributed by atoms with Crippen LogP contribution in [0.5, 0.6) is 0 Å². The molecule has 0 saturated heterocycles. The number of benzene rings is 1. The van der Waals surface area contributed by atoms with Crippen LogP contribution in [0.1, 0.15) is 10.5 Å². The minimum atomic E-state index is 0.252. The molecule has 0 bridgehead atoms. The number of aldehydes is 1. The Hall–Kier alpha value is -3.08. The fourth-order valence-corrected chi connectivity index (χ4v) is 2.69. The van der Waals surface area contributed by atoms with Gasteiger partial charge in [-0.25, -0.2) is 4.98 Å². The van der Waals surface area contributed by atoms with Crippen molar-refractivity contribution in [3.05, 3.63) is 54.5 Å². The van der Waals surface area contributed by atoms with Crippen LogP contribution < -0.4 is 5.73 Å². The Morgan fingerprint density at radius 1 is 1.19 bits per heavy atom. The molecule has 3 aromatic heterocycles. The molecular weight excluding hydrogens is 264 g/mol. The molecule has 0 unspecified atom stereocenters. The maximum Gasteiger partial charge on any atom is 0.170 e. The monoisotopic (exact) mass is 276 g/mol. The maximum atomic E-state index is 11.2. The number of H-pyrrole nitrogens is 1. The van der Waals surface area contributed by atoms with Gasteiger partial charge in [0.1, 0.15) is 11.3 Å². The van der Waals surface area contributed by atoms with E-state index in [0.29, 0.717) is 11.3 Å². The van der Waals surface area contributed by atoms with Crippen molar-refractivity contribution in [2.24, 2.45) is 0 Å². The number of imidazole rings is 1. The van der Waals surface area contributed by atoms with Crippen molar-refractivity contribution in [1.82, 2.24) is 14.4 Å². The average molecular weight is 276 g/mol. The molecular formula is C16H12N4O. The van der Waals surface area contributed by atoms with Crippen molar-refractivity contribution >= 4 is 28.7 Å². The van der Waals surface area contributed by atoms with Gasteiger partial charge in [0.15, 0.2) is 12.1 Å². The van der Waals surface area contributed by atoms with Crippen LogP contribution in [-0.2, 0) is 0 Å². The third-order valence-electron chi connectivity index (χ3n) is 3.70. The number of nitrogen functional groups attached to an aromatic ring is 1. The normalized spacial score (nSPS) is 11.2. The van der Waals surface area contributed by atoms with Crippen molar-refractivity contribution in [1.29, 1.82) is 0 Å². The van der Waals surface area contributed by atoms with Gasteiger partial charge in [-0.3, -0.25) is 9.20 Å². The third-order valence-corrected chi connectivity index (χ3v) is 3.70. The Morgan fingerprint density at radius 3 is 2.95 bits per heavy atom. The number of aromatic amines is 1. The molecule has 102 valence electrons. The van der Waals surface area contributed by atoms with E-state index < -0.39 is 0 Å². The maximum absolute atomic E-state index is 11.2. The Kier molecular flexibility index (Phi) is 2.35. The van der Waals surface area contributed by atoms with E-state index in [1.165, 1.54) is 0 Å². The fourth-order valence-electron chi connectivity index (χ4n) is 2.69. The van der Waals surface area contributed by atoms with Crippen molar-refractivity contribution in [2.75, 3.05) is 5.73 Å². The number of carbonyl (C=O) groups excluding carboxylic acids is 1. The van der Waals surface area contributed by atoms with Gasteiger partial charge < -0.3 is 10.7 Å². The van der Waals surface area contributed by atoms with Crippen LogP contribution >= 0.6 is 0 Å². The highest BCUT2D eigenvalue weighted by Gasteiger charge is 2.11. The highest BCUT2D eigenvalue weighted by molar-refractivity contribution is 5.95. The summed E-state index contributed by atoms with van der Waals surface area (Å²) in [7, 11) is 0. The molecule has 5 heteroatoms. The molecule has 1 aromatic carbocycles. The van der Waals surface area contributed by atoms with Crippen LogP contribution in [0.3, 0.4) is 0 Å². The van der Waals surface area contributed by atoms with Gasteiger partial charge in [0.2, 0.25) is 0 Å². The Labute approximate surface area is 120 Å². The standard InChI is InChI=1S/C16H12N4O/c17-16-14(9-21)20-8-10(4-5-15(20)19-16)11-2-1-3-13-12(11)6-7-18-13/h1-9,18H,17H2. The second-order valence-electron chi connectivity index (χ2n) is 4.89. The number of carbonyl (C=O) groups is 1. The van der Waals surface area contributed by atoms with Gasteiger partial charge in [-0.2, -0.15) is 0 Å². The fraction of sp³-hybridized carbons (Fsp3) is 0. The number of hydrogen-bond acceptors (Lipinski definition) is 3. The second kappa shape index (κ2) is 4.21. The second-order valence-corrected chi connectivity index (χ2v) is 4.89. The van der Waals surface area contributed by atoms with E-state index in [4.69, 9.17) is 5.73 Å². The summed E-state index contributed by atoms with van der Waals surface area (Å²) in [5.41, 5.74) is 9.99. The zero-order valence-electron chi connectivity index (χ0n) is 11.1. The quantitative estimate of drug-likeness (QED) is 0.553. The van der Waals surface area contributed by atoms with Gasteiger partial charge in [0.05, 0.1) is 0 Å². The molecule has 3 heterocycles. The van der Waals surface area contributed by atoms with Crippen LogP contribution in [0, 0.1) is 0 Å². The first-order valence-corrected chi connectivity index (χ1v) is 6.57. The average Bonchev–Trinajstić information content (AvgIpc) is 3.09. The zero-order valence-corrected chi connectivity index (χ0v) is 11.1. The SMILES string of the molecule is Nc1nc2ccc(-c3cccc4[nH]ccc34)cn2c1C=O. The number of fused-ring (bicyclic) bond motifs is 2. The molecule has 4 rings (SSSR count). The number of rotatable bonds is 2. The van der Waals surface area contributed by atoms with Crippen LogP contribution in [0.15, 0.2) is 48.8 Å². The van der Waals surface area contributed by atoms with E-state index in [1.54, 1.807) is 4.40 Å². The van der Waals surface area contributed by atoms with Gasteiger partial charge in [-0.05, 0) is 35.4 Å². The number of hydrogen-bond donors (Lipinski definition) is 2. The minimum Gasteiger partial charge on any atom is -0.382 e. The van der Waals surface area contributed by atoms with Crippen molar-refractivity contribution in [3.8, 4) is 11.1 Å². The first kappa shape index (κ1) is 11.7. The number of nitrogens with one attached hydrogen (secondary N) is 1. The number of anilines is 1. The lowest BCUT2D eigenvalue weighted by Gasteiger charge is -2.05. The molecule has 0 amide bonds. The summed E-state index contributed by atoms with van der Waals surface area (Å²) >= 11 is 0. The lowest BCUT2D eigenvalue weighted by Crippen LogP contribution is -1.95. The van der Waals surface area contributed by atoms with Crippen LogP contribution in [0.4, 0.5) is 5.82 Å². The Morgan fingerprint density at radius 2 is 2.10 bits per heavy atom. The molecule has 0 aliphatic rings. The molecule has 0 radical (unpaired) electrons. The van der Waals surface area contributed by atoms with Gasteiger partial charge >= 0.3 is 0 Å². The van der Waals surface area contributed by atoms with E-state index in [-0.39, 0.29) is 5.82 Å². The predicted octanol–water partition coefficient (Wildman–Crippen LogP) is 2.88. The predicted molar refractivity (Wildman–Crippen MR) is 82.3 cm³/mol. The minimum absolute atomic E-state index is 0.252. The van der Waals surface area contributed by atoms with E-state index in [9.17, 15) is 4.79 Å². The molecule has 0 aliphatic carbocycles. The molecule has 3 N–H and O–H groups in total. The summed E-state index contributed by atoms with van der Waals surface area (Å²) in [5.74, 6) is 0.252. The third kappa shape index (κ3) is 1.64. The van der Waals surface area contributed by atoms with Crippen molar-refractivity contribution < 1.29 is 4.79 Å². The largest absolute Gasteiger partial charge is 0.382 e. The highest BCUT2D eigenvalue weighted by atomic mass is 16.1. The van der Waals surface area contributed by atoms with Gasteiger partial charge in [-0.1, -0.05) is 12.1 Å². The molecule has 0 aliphatic heterocycles. The van der Waals surface area contributed by atoms with E-state index in [0.717, 1.165) is 28.3 Å². The number of aromatic nitrogens is 3. The Bertz CT molecular complexity index is 980. The summed E-state index contributed by atoms with van der Waals surface area (Å²) < 4.78 is 1.73. The van der Waals surface area contributed by atoms with Gasteiger partial charge in [0.25, 0.3) is 0 Å². The highest BCUT2D eigenvalue weighted by Crippen LogP contribution is 2.29. The van der Waals surface area contributed by atoms with Gasteiger partial charge in [0, 0.05) is 23.3 Å². The van der Waals surface area contributed by atoms with Crippen LogP contribution in [-0.4, -0.2) is 20.7 Å². The molecule has 5 nitrogen and oxygen atoms in total. The number of pyridine rings is 1. The molecule has 0 fully saturated rings. The van der Waals surface area contributed by atoms with Crippen LogP contribution in [0.25, 0.3) is 27.7 Å². The lowest BCUT2D eigenvalue weighted by atomic mass is 10.0. The first-order valence-electron chi connectivity index (χ1n) is 6.57. The molecule has 0 spiro atoms. The summed E-state index contributed by atoms with van der Waals surface area (Å²) in [6, 6.07) is 12.0. The molecule has 0 saturated carbocycles. The number of nitrogens with zero attached hydrogens (tertiary/aromatic N) is 2. The van der Waals surface area contributed by atoms with Crippen LogP contribution in [0.2, 0.25) is 0 Å².